The van der Waals surface area contributed by atoms with Crippen molar-refractivity contribution in [3.05, 3.63) is 29.5 Å². The van der Waals surface area contributed by atoms with E-state index in [-0.39, 0.29) is 23.9 Å². The minimum atomic E-state index is -2.74. The van der Waals surface area contributed by atoms with Gasteiger partial charge >= 0.3 is 12.5 Å². The van der Waals surface area contributed by atoms with Crippen molar-refractivity contribution < 1.29 is 23.0 Å². The van der Waals surface area contributed by atoms with Crippen LogP contribution in [0.3, 0.4) is 0 Å². The summed E-state index contributed by atoms with van der Waals surface area (Å²) in [6.45, 7) is -1.48. The van der Waals surface area contributed by atoms with Crippen molar-refractivity contribution in [2.45, 2.75) is 20.1 Å². The van der Waals surface area contributed by atoms with E-state index in [1.165, 1.54) is 18.0 Å². The van der Waals surface area contributed by atoms with Crippen LogP contribution in [0, 0.1) is 6.92 Å². The number of carbonyl (C=O) groups excluding carboxylic acids is 1. The molecule has 21 heavy (non-hydrogen) atoms. The smallest absolute Gasteiger partial charge is 0.346 e. The topological polar surface area (TPSA) is 71.2 Å². The van der Waals surface area contributed by atoms with Gasteiger partial charge in [-0.3, -0.25) is 4.57 Å². The number of aryl methyl sites for hydroxylation is 2. The molecule has 2 aromatic rings. The Morgan fingerprint density at radius 1 is 1.48 bits per heavy atom. The number of aromatic nitrogens is 4. The van der Waals surface area contributed by atoms with Crippen LogP contribution < -0.4 is 4.74 Å². The number of ether oxygens (including phenoxy) is 2. The number of nitrogens with zero attached hydrogens (tertiary/aromatic N) is 4. The molecule has 0 aliphatic heterocycles. The predicted octanol–water partition coefficient (Wildman–Crippen LogP) is 1.69. The molecule has 0 unspecified atom stereocenters. The van der Waals surface area contributed by atoms with Crippen LogP contribution in [0.25, 0.3) is 0 Å². The van der Waals surface area contributed by atoms with Crippen LogP contribution in [0.15, 0.2) is 12.4 Å². The molecule has 0 radical (unpaired) electrons. The van der Waals surface area contributed by atoms with Crippen LogP contribution in [0.2, 0.25) is 0 Å². The summed E-state index contributed by atoms with van der Waals surface area (Å²) in [7, 11) is 3.02. The zero-order chi connectivity index (χ0) is 15.6. The lowest BCUT2D eigenvalue weighted by atomic mass is 10.2. The minimum Gasteiger partial charge on any atom is -0.481 e. The lowest BCUT2D eigenvalue weighted by molar-refractivity contribution is 0.0372. The summed E-state index contributed by atoms with van der Waals surface area (Å²) >= 11 is 0. The number of hydrogen-bond donors (Lipinski definition) is 0. The third-order valence-electron chi connectivity index (χ3n) is 2.86. The van der Waals surface area contributed by atoms with E-state index in [0.717, 1.165) is 6.20 Å². The summed E-state index contributed by atoms with van der Waals surface area (Å²) in [6.07, 6.45) is 2.33. The van der Waals surface area contributed by atoms with Crippen LogP contribution in [-0.2, 0) is 18.4 Å². The summed E-state index contributed by atoms with van der Waals surface area (Å²) in [5.74, 6) is -0.505. The zero-order valence-corrected chi connectivity index (χ0v) is 11.7. The summed E-state index contributed by atoms with van der Waals surface area (Å²) < 4.78 is 37.4. The third-order valence-corrected chi connectivity index (χ3v) is 2.86. The number of esters is 1. The molecule has 0 aliphatic carbocycles. The van der Waals surface area contributed by atoms with Crippen molar-refractivity contribution in [2.75, 3.05) is 7.11 Å². The van der Waals surface area contributed by atoms with Gasteiger partial charge in [0.15, 0.2) is 5.82 Å². The Morgan fingerprint density at radius 2 is 2.19 bits per heavy atom. The van der Waals surface area contributed by atoms with Gasteiger partial charge in [-0.15, -0.1) is 0 Å². The molecule has 114 valence electrons. The third kappa shape index (κ3) is 2.86. The van der Waals surface area contributed by atoms with Crippen molar-refractivity contribution in [2.24, 2.45) is 7.05 Å². The molecule has 0 amide bonds. The highest BCUT2D eigenvalue weighted by Crippen LogP contribution is 2.22. The number of halogens is 2. The van der Waals surface area contributed by atoms with Gasteiger partial charge in [-0.2, -0.15) is 13.9 Å². The molecule has 2 rings (SSSR count). The second-order valence-corrected chi connectivity index (χ2v) is 4.20. The summed E-state index contributed by atoms with van der Waals surface area (Å²) in [6, 6.07) is 0. The highest BCUT2D eigenvalue weighted by molar-refractivity contribution is 5.93. The first-order valence-electron chi connectivity index (χ1n) is 6.00. The summed E-state index contributed by atoms with van der Waals surface area (Å²) in [5.41, 5.74) is 0.590. The predicted molar refractivity (Wildman–Crippen MR) is 67.1 cm³/mol. The lowest BCUT2D eigenvalue weighted by Gasteiger charge is -2.08. The van der Waals surface area contributed by atoms with Crippen molar-refractivity contribution >= 4 is 5.97 Å². The molecule has 0 N–H and O–H groups in total. The molecule has 0 atom stereocenters. The fourth-order valence-corrected chi connectivity index (χ4v) is 1.94. The van der Waals surface area contributed by atoms with Gasteiger partial charge in [-0.25, -0.2) is 14.5 Å². The Balaban J connectivity index is 2.14. The van der Waals surface area contributed by atoms with E-state index in [2.05, 4.69) is 10.1 Å². The highest BCUT2D eigenvalue weighted by atomic mass is 19.3. The van der Waals surface area contributed by atoms with Gasteiger partial charge in [0, 0.05) is 19.4 Å². The lowest BCUT2D eigenvalue weighted by Crippen LogP contribution is -2.11. The van der Waals surface area contributed by atoms with Crippen molar-refractivity contribution in [3.63, 3.8) is 0 Å². The normalized spacial score (nSPS) is 11.0. The molecule has 7 nitrogen and oxygen atoms in total. The van der Waals surface area contributed by atoms with E-state index in [4.69, 9.17) is 9.47 Å². The molecule has 2 aromatic heterocycles. The van der Waals surface area contributed by atoms with E-state index in [9.17, 15) is 13.6 Å². The first-order chi connectivity index (χ1) is 9.95. The molecule has 0 aromatic carbocycles. The van der Waals surface area contributed by atoms with Gasteiger partial charge in [0.1, 0.15) is 12.2 Å². The van der Waals surface area contributed by atoms with Crippen LogP contribution in [0.1, 0.15) is 28.4 Å². The molecule has 0 bridgehead atoms. The maximum absolute atomic E-state index is 12.6. The molecular weight excluding hydrogens is 286 g/mol. The van der Waals surface area contributed by atoms with E-state index >= 15 is 0 Å². The number of rotatable bonds is 5. The fraction of sp³-hybridized carbons (Fsp3) is 0.417. The van der Waals surface area contributed by atoms with Gasteiger partial charge in [-0.1, -0.05) is 0 Å². The Hall–Kier alpha value is -2.45. The summed E-state index contributed by atoms with van der Waals surface area (Å²) in [4.78, 5) is 15.8. The SMILES string of the molecule is COc1c(C(=O)OCc2nccn2C(F)F)c(C)nn1C. The number of alkyl halides is 2. The first-order valence-corrected chi connectivity index (χ1v) is 6.00. The Bertz CT molecular complexity index is 651. The second kappa shape index (κ2) is 5.90. The number of hydrogen-bond acceptors (Lipinski definition) is 5. The molecule has 2 heterocycles. The van der Waals surface area contributed by atoms with Gasteiger partial charge < -0.3 is 9.47 Å². The van der Waals surface area contributed by atoms with Gasteiger partial charge in [0.25, 0.3) is 0 Å². The zero-order valence-electron chi connectivity index (χ0n) is 11.7. The molecule has 9 heteroatoms. The average Bonchev–Trinajstić information content (AvgIpc) is 2.99. The van der Waals surface area contributed by atoms with E-state index in [1.807, 2.05) is 0 Å². The first kappa shape index (κ1) is 14.9. The largest absolute Gasteiger partial charge is 0.481 e. The average molecular weight is 300 g/mol. The Labute approximate surface area is 119 Å². The van der Waals surface area contributed by atoms with Crippen molar-refractivity contribution in [1.29, 1.82) is 0 Å². The van der Waals surface area contributed by atoms with E-state index in [0.29, 0.717) is 10.3 Å². The van der Waals surface area contributed by atoms with Gasteiger partial charge in [-0.05, 0) is 6.92 Å². The monoisotopic (exact) mass is 300 g/mol. The molecular formula is C12H14F2N4O3. The van der Waals surface area contributed by atoms with Crippen molar-refractivity contribution in [3.8, 4) is 5.88 Å². The minimum absolute atomic E-state index is 0.0427. The quantitative estimate of drug-likeness (QED) is 0.786. The number of imidazole rings is 1. The second-order valence-electron chi connectivity index (χ2n) is 4.20. The van der Waals surface area contributed by atoms with Gasteiger partial charge in [0.2, 0.25) is 5.88 Å². The van der Waals surface area contributed by atoms with Crippen LogP contribution in [0.5, 0.6) is 5.88 Å². The summed E-state index contributed by atoms with van der Waals surface area (Å²) in [5, 5.41) is 4.04. The Morgan fingerprint density at radius 3 is 2.81 bits per heavy atom. The maximum Gasteiger partial charge on any atom is 0.346 e. The molecule has 0 saturated carbocycles. The van der Waals surface area contributed by atoms with E-state index in [1.54, 1.807) is 14.0 Å². The molecule has 0 aliphatic rings. The number of methoxy groups -OCH3 is 1. The van der Waals surface area contributed by atoms with Crippen LogP contribution in [-0.4, -0.2) is 32.4 Å². The fourth-order valence-electron chi connectivity index (χ4n) is 1.94. The molecule has 0 saturated heterocycles. The van der Waals surface area contributed by atoms with E-state index < -0.39 is 12.5 Å². The van der Waals surface area contributed by atoms with Crippen molar-refractivity contribution in [1.82, 2.24) is 19.3 Å². The highest BCUT2D eigenvalue weighted by Gasteiger charge is 2.23. The molecule has 0 fully saturated rings. The Kier molecular flexibility index (Phi) is 4.20. The standard InChI is InChI=1S/C12H14F2N4O3/c1-7-9(10(20-3)17(2)16-7)11(19)21-6-8-15-4-5-18(8)12(13)14/h4-5,12H,6H2,1-3H3. The molecule has 0 spiro atoms. The van der Waals surface area contributed by atoms with Crippen LogP contribution in [0.4, 0.5) is 8.78 Å². The van der Waals surface area contributed by atoms with Gasteiger partial charge in [0.05, 0.1) is 12.8 Å². The van der Waals surface area contributed by atoms with Crippen LogP contribution >= 0.6 is 0 Å². The maximum atomic E-state index is 12.6. The number of carbonyl (C=O) groups is 1.